The van der Waals surface area contributed by atoms with Crippen molar-refractivity contribution in [1.29, 1.82) is 0 Å². The number of aryl methyl sites for hydroxylation is 4. The first-order chi connectivity index (χ1) is 15.3. The van der Waals surface area contributed by atoms with Crippen LogP contribution in [0.1, 0.15) is 47.9 Å². The van der Waals surface area contributed by atoms with Crippen molar-refractivity contribution in [3.63, 3.8) is 0 Å². The highest BCUT2D eigenvalue weighted by Crippen LogP contribution is 2.41. The topological polar surface area (TPSA) is 22.3 Å². The molecular weight excluding hydrogens is 378 g/mol. The molecule has 0 saturated heterocycles. The second-order valence-corrected chi connectivity index (χ2v) is 9.98. The fourth-order valence-electron chi connectivity index (χ4n) is 6.66. The van der Waals surface area contributed by atoms with E-state index in [0.29, 0.717) is 0 Å². The summed E-state index contributed by atoms with van der Waals surface area (Å²) in [6.07, 6.45) is 12.3. The Morgan fingerprint density at radius 3 is 1.45 bits per heavy atom. The molecule has 5 heterocycles. The van der Waals surface area contributed by atoms with E-state index in [-0.39, 0.29) is 0 Å². The van der Waals surface area contributed by atoms with Gasteiger partial charge in [0.1, 0.15) is 0 Å². The number of hydrogen-bond acceptors (Lipinski definition) is 2. The number of H-pyrrole nitrogens is 1. The molecule has 0 amide bonds. The van der Waals surface area contributed by atoms with Gasteiger partial charge in [0.25, 0.3) is 0 Å². The highest BCUT2D eigenvalue weighted by molar-refractivity contribution is 5.78. The van der Waals surface area contributed by atoms with E-state index < -0.39 is 0 Å². The van der Waals surface area contributed by atoms with Gasteiger partial charge in [-0.3, -0.25) is 0 Å². The number of rotatable bonds is 2. The number of anilines is 2. The average Bonchev–Trinajstić information content (AvgIpc) is 3.30. The molecule has 158 valence electrons. The molecule has 0 atom stereocenters. The van der Waals surface area contributed by atoms with Crippen LogP contribution in [0.2, 0.25) is 0 Å². The standard InChI is InChI=1S/C28H31N3/c1-5-19-13-23(14-20-6-2-10-30(9-1)27(19)20)25-17-26(29-18-25)24-15-21-7-3-11-31-12-4-8-22(16-24)28(21)31/h13-18,29H,1-12H2. The van der Waals surface area contributed by atoms with E-state index in [4.69, 9.17) is 0 Å². The Balaban J connectivity index is 1.28. The summed E-state index contributed by atoms with van der Waals surface area (Å²) >= 11 is 0. The van der Waals surface area contributed by atoms with Crippen LogP contribution < -0.4 is 9.80 Å². The Morgan fingerprint density at radius 1 is 0.516 bits per heavy atom. The third kappa shape index (κ3) is 2.86. The third-order valence-electron chi connectivity index (χ3n) is 7.99. The highest BCUT2D eigenvalue weighted by Gasteiger charge is 2.26. The zero-order chi connectivity index (χ0) is 20.4. The number of nitrogens with zero attached hydrogens (tertiary/aromatic N) is 2. The summed E-state index contributed by atoms with van der Waals surface area (Å²) in [4.78, 5) is 8.88. The van der Waals surface area contributed by atoms with E-state index in [1.165, 1.54) is 99.9 Å². The van der Waals surface area contributed by atoms with Crippen LogP contribution in [0.3, 0.4) is 0 Å². The number of aromatic amines is 1. The third-order valence-corrected chi connectivity index (χ3v) is 7.99. The van der Waals surface area contributed by atoms with Crippen LogP contribution in [0.15, 0.2) is 36.5 Å². The normalized spacial score (nSPS) is 19.2. The van der Waals surface area contributed by atoms with E-state index in [1.807, 2.05) is 0 Å². The molecule has 4 aliphatic rings. The minimum Gasteiger partial charge on any atom is -0.371 e. The van der Waals surface area contributed by atoms with Crippen LogP contribution in [-0.2, 0) is 25.7 Å². The molecule has 2 aromatic carbocycles. The van der Waals surface area contributed by atoms with Gasteiger partial charge in [0.2, 0.25) is 0 Å². The molecule has 0 aliphatic carbocycles. The van der Waals surface area contributed by atoms with E-state index >= 15 is 0 Å². The Bertz CT molecular complexity index is 1020. The lowest BCUT2D eigenvalue weighted by molar-refractivity contribution is 0.634. The van der Waals surface area contributed by atoms with Crippen LogP contribution in [-0.4, -0.2) is 31.2 Å². The number of benzene rings is 2. The summed E-state index contributed by atoms with van der Waals surface area (Å²) in [5.74, 6) is 0. The maximum Gasteiger partial charge on any atom is 0.0460 e. The zero-order valence-corrected chi connectivity index (χ0v) is 18.3. The van der Waals surface area contributed by atoms with Gasteiger partial charge in [0.05, 0.1) is 0 Å². The molecule has 0 fully saturated rings. The number of nitrogens with one attached hydrogen (secondary N) is 1. The minimum absolute atomic E-state index is 1.23. The van der Waals surface area contributed by atoms with Crippen LogP contribution in [0, 0.1) is 0 Å². The van der Waals surface area contributed by atoms with E-state index in [1.54, 1.807) is 33.6 Å². The largest absolute Gasteiger partial charge is 0.371 e. The monoisotopic (exact) mass is 409 g/mol. The zero-order valence-electron chi connectivity index (χ0n) is 18.3. The summed E-state index contributed by atoms with van der Waals surface area (Å²) in [5.41, 5.74) is 14.8. The Hall–Kier alpha value is -2.68. The van der Waals surface area contributed by atoms with Crippen molar-refractivity contribution in [2.75, 3.05) is 36.0 Å². The first-order valence-electron chi connectivity index (χ1n) is 12.3. The van der Waals surface area contributed by atoms with Crippen LogP contribution in [0.25, 0.3) is 22.4 Å². The molecule has 0 spiro atoms. The average molecular weight is 410 g/mol. The second-order valence-electron chi connectivity index (χ2n) is 9.98. The Morgan fingerprint density at radius 2 is 0.968 bits per heavy atom. The summed E-state index contributed by atoms with van der Waals surface area (Å²) < 4.78 is 0. The van der Waals surface area contributed by atoms with Crippen LogP contribution in [0.4, 0.5) is 11.4 Å². The van der Waals surface area contributed by atoms with Gasteiger partial charge in [-0.05, 0) is 121 Å². The summed E-state index contributed by atoms with van der Waals surface area (Å²) in [7, 11) is 0. The fraction of sp³-hybridized carbons (Fsp3) is 0.429. The molecule has 31 heavy (non-hydrogen) atoms. The van der Waals surface area contributed by atoms with Crippen molar-refractivity contribution >= 4 is 11.4 Å². The van der Waals surface area contributed by atoms with Gasteiger partial charge < -0.3 is 14.8 Å². The molecule has 0 saturated carbocycles. The smallest absolute Gasteiger partial charge is 0.0460 e. The van der Waals surface area contributed by atoms with Gasteiger partial charge in [0.15, 0.2) is 0 Å². The van der Waals surface area contributed by atoms with Gasteiger partial charge in [-0.1, -0.05) is 0 Å². The minimum atomic E-state index is 1.23. The van der Waals surface area contributed by atoms with Gasteiger partial charge in [-0.25, -0.2) is 0 Å². The number of hydrogen-bond donors (Lipinski definition) is 1. The van der Waals surface area contributed by atoms with Crippen molar-refractivity contribution in [1.82, 2.24) is 4.98 Å². The highest BCUT2D eigenvalue weighted by atomic mass is 15.1. The summed E-state index contributed by atoms with van der Waals surface area (Å²) in [5, 5.41) is 0. The molecule has 1 aromatic heterocycles. The molecule has 0 bridgehead atoms. The lowest BCUT2D eigenvalue weighted by atomic mass is 9.88. The Kier molecular flexibility index (Phi) is 4.00. The van der Waals surface area contributed by atoms with E-state index in [0.717, 1.165) is 0 Å². The lowest BCUT2D eigenvalue weighted by Gasteiger charge is -2.37. The van der Waals surface area contributed by atoms with Crippen molar-refractivity contribution < 1.29 is 0 Å². The SMILES string of the molecule is c1[nH]c(-c2cc3c4c(c2)CCCN4CCC3)cc1-c1cc2c3c(c1)CCCN3CCC2. The van der Waals surface area contributed by atoms with Gasteiger partial charge >= 0.3 is 0 Å². The summed E-state index contributed by atoms with van der Waals surface area (Å²) in [6, 6.07) is 12.2. The molecule has 3 aromatic rings. The quantitative estimate of drug-likeness (QED) is 0.582. The van der Waals surface area contributed by atoms with Crippen LogP contribution >= 0.6 is 0 Å². The fourth-order valence-corrected chi connectivity index (χ4v) is 6.66. The van der Waals surface area contributed by atoms with Gasteiger partial charge in [-0.15, -0.1) is 0 Å². The number of aromatic nitrogens is 1. The van der Waals surface area contributed by atoms with Crippen molar-refractivity contribution in [2.24, 2.45) is 0 Å². The second kappa shape index (κ2) is 6.91. The molecule has 0 radical (unpaired) electrons. The predicted octanol–water partition coefficient (Wildman–Crippen LogP) is 5.75. The first-order valence-corrected chi connectivity index (χ1v) is 12.3. The molecule has 7 rings (SSSR count). The maximum atomic E-state index is 3.62. The van der Waals surface area contributed by atoms with Gasteiger partial charge in [-0.2, -0.15) is 0 Å². The maximum absolute atomic E-state index is 3.62. The van der Waals surface area contributed by atoms with E-state index in [9.17, 15) is 0 Å². The van der Waals surface area contributed by atoms with Crippen molar-refractivity contribution in [3.05, 3.63) is 58.8 Å². The molecule has 1 N–H and O–H groups in total. The Labute approximate surface area is 185 Å². The van der Waals surface area contributed by atoms with Crippen LogP contribution in [0.5, 0.6) is 0 Å². The molecule has 0 unspecified atom stereocenters. The molecule has 3 nitrogen and oxygen atoms in total. The first kappa shape index (κ1) is 17.9. The molecular formula is C28H31N3. The van der Waals surface area contributed by atoms with Gasteiger partial charge in [0, 0.05) is 49.4 Å². The van der Waals surface area contributed by atoms with E-state index in [2.05, 4.69) is 51.3 Å². The van der Waals surface area contributed by atoms with Crippen molar-refractivity contribution in [2.45, 2.75) is 51.4 Å². The van der Waals surface area contributed by atoms with Crippen molar-refractivity contribution in [3.8, 4) is 22.4 Å². The predicted molar refractivity (Wildman–Crippen MR) is 129 cm³/mol. The molecule has 4 aliphatic heterocycles. The summed E-state index contributed by atoms with van der Waals surface area (Å²) in [6.45, 7) is 4.96. The lowest BCUT2D eigenvalue weighted by Crippen LogP contribution is -2.34. The molecule has 3 heteroatoms.